The minimum atomic E-state index is 0.0173. The number of carbonyl (C=O) groups excluding carboxylic acids is 1. The lowest BCUT2D eigenvalue weighted by atomic mass is 10.2. The van der Waals surface area contributed by atoms with Crippen molar-refractivity contribution in [2.75, 3.05) is 0 Å². The van der Waals surface area contributed by atoms with Crippen molar-refractivity contribution in [2.24, 2.45) is 0 Å². The maximum absolute atomic E-state index is 12.0. The van der Waals surface area contributed by atoms with Gasteiger partial charge in [-0.15, -0.1) is 0 Å². The van der Waals surface area contributed by atoms with Crippen LogP contribution in [0.4, 0.5) is 0 Å². The van der Waals surface area contributed by atoms with E-state index in [1.54, 1.807) is 0 Å². The fourth-order valence-corrected chi connectivity index (χ4v) is 2.93. The molecule has 1 heterocycles. The van der Waals surface area contributed by atoms with Crippen LogP contribution in [-0.4, -0.2) is 5.12 Å². The third-order valence-corrected chi connectivity index (χ3v) is 4.00. The molecular formula is C16H13NOS. The molecule has 1 aliphatic rings. The molecule has 3 heteroatoms. The Balaban J connectivity index is 1.83. The molecule has 0 radical (unpaired) electrons. The van der Waals surface area contributed by atoms with Crippen molar-refractivity contribution in [3.05, 3.63) is 77.5 Å². The zero-order valence-corrected chi connectivity index (χ0v) is 11.1. The van der Waals surface area contributed by atoms with Gasteiger partial charge in [0.1, 0.15) is 5.37 Å². The molecular weight excluding hydrogens is 254 g/mol. The minimum absolute atomic E-state index is 0.0173. The Morgan fingerprint density at radius 1 is 0.947 bits per heavy atom. The monoisotopic (exact) mass is 267 g/mol. The molecule has 3 rings (SSSR count). The van der Waals surface area contributed by atoms with Crippen molar-refractivity contribution in [1.82, 2.24) is 5.32 Å². The molecule has 1 aliphatic heterocycles. The van der Waals surface area contributed by atoms with Gasteiger partial charge >= 0.3 is 0 Å². The van der Waals surface area contributed by atoms with Crippen LogP contribution in [0.3, 0.4) is 0 Å². The van der Waals surface area contributed by atoms with Gasteiger partial charge in [0.25, 0.3) is 0 Å². The number of hydrogen-bond acceptors (Lipinski definition) is 3. The summed E-state index contributed by atoms with van der Waals surface area (Å²) in [6.45, 7) is 0. The molecule has 1 saturated heterocycles. The zero-order chi connectivity index (χ0) is 13.1. The molecule has 1 N–H and O–H groups in total. The predicted molar refractivity (Wildman–Crippen MR) is 79.3 cm³/mol. The van der Waals surface area contributed by atoms with Crippen LogP contribution in [-0.2, 0) is 4.79 Å². The maximum atomic E-state index is 12.0. The van der Waals surface area contributed by atoms with Crippen molar-refractivity contribution in [3.8, 4) is 0 Å². The molecule has 94 valence electrons. The third kappa shape index (κ3) is 2.71. The smallest absolute Gasteiger partial charge is 0.237 e. The van der Waals surface area contributed by atoms with Crippen LogP contribution in [0.15, 0.2) is 66.4 Å². The minimum Gasteiger partial charge on any atom is -0.365 e. The number of thioether (sulfide) groups is 1. The summed E-state index contributed by atoms with van der Waals surface area (Å²) < 4.78 is 0. The standard InChI is InChI=1S/C16H13NOS/c18-16-14(11-12-7-3-1-4-8-12)17-15(19-16)13-9-5-2-6-10-13/h1-11,15,17H/b14-11+/t15-/m1/s1. The number of nitrogens with one attached hydrogen (secondary N) is 1. The van der Waals surface area contributed by atoms with E-state index in [1.165, 1.54) is 11.8 Å². The Morgan fingerprint density at radius 2 is 1.58 bits per heavy atom. The first kappa shape index (κ1) is 12.1. The van der Waals surface area contributed by atoms with E-state index >= 15 is 0 Å². The van der Waals surface area contributed by atoms with Gasteiger partial charge < -0.3 is 5.32 Å². The second-order valence-electron chi connectivity index (χ2n) is 4.31. The molecule has 19 heavy (non-hydrogen) atoms. The number of hydrogen-bond donors (Lipinski definition) is 1. The van der Waals surface area contributed by atoms with Crippen molar-refractivity contribution < 1.29 is 4.79 Å². The lowest BCUT2D eigenvalue weighted by Crippen LogP contribution is -2.11. The van der Waals surface area contributed by atoms with Crippen molar-refractivity contribution in [3.63, 3.8) is 0 Å². The SMILES string of the molecule is O=C1S[C@H](c2ccccc2)N/C1=C/c1ccccc1. The van der Waals surface area contributed by atoms with E-state index in [4.69, 9.17) is 0 Å². The lowest BCUT2D eigenvalue weighted by Gasteiger charge is -2.08. The van der Waals surface area contributed by atoms with Gasteiger partial charge in [0.15, 0.2) is 0 Å². The molecule has 2 aromatic carbocycles. The normalized spacial score (nSPS) is 20.5. The maximum Gasteiger partial charge on any atom is 0.237 e. The summed E-state index contributed by atoms with van der Waals surface area (Å²) in [7, 11) is 0. The van der Waals surface area contributed by atoms with E-state index in [9.17, 15) is 4.79 Å². The van der Waals surface area contributed by atoms with E-state index < -0.39 is 0 Å². The number of rotatable bonds is 2. The molecule has 0 unspecified atom stereocenters. The summed E-state index contributed by atoms with van der Waals surface area (Å²) in [5.41, 5.74) is 2.83. The molecule has 1 atom stereocenters. The average molecular weight is 267 g/mol. The van der Waals surface area contributed by atoms with Gasteiger partial charge in [-0.2, -0.15) is 0 Å². The molecule has 0 aromatic heterocycles. The summed E-state index contributed by atoms with van der Waals surface area (Å²) in [6, 6.07) is 19.9. The van der Waals surface area contributed by atoms with Gasteiger partial charge in [-0.1, -0.05) is 72.4 Å². The molecule has 0 amide bonds. The van der Waals surface area contributed by atoms with Crippen LogP contribution in [0, 0.1) is 0 Å². The largest absolute Gasteiger partial charge is 0.365 e. The van der Waals surface area contributed by atoms with E-state index in [0.29, 0.717) is 5.70 Å². The summed E-state index contributed by atoms with van der Waals surface area (Å²) >= 11 is 1.33. The highest BCUT2D eigenvalue weighted by Gasteiger charge is 2.28. The van der Waals surface area contributed by atoms with Crippen molar-refractivity contribution >= 4 is 23.0 Å². The first-order chi connectivity index (χ1) is 9.33. The van der Waals surface area contributed by atoms with Crippen LogP contribution in [0.2, 0.25) is 0 Å². The van der Waals surface area contributed by atoms with E-state index in [2.05, 4.69) is 5.32 Å². The second kappa shape index (κ2) is 5.33. The first-order valence-corrected chi connectivity index (χ1v) is 7.00. The van der Waals surface area contributed by atoms with Gasteiger partial charge in [0, 0.05) is 0 Å². The zero-order valence-electron chi connectivity index (χ0n) is 10.2. The van der Waals surface area contributed by atoms with Crippen LogP contribution >= 0.6 is 11.8 Å². The summed E-state index contributed by atoms with van der Waals surface area (Å²) in [5, 5.41) is 3.39. The van der Waals surface area contributed by atoms with Gasteiger partial charge in [-0.05, 0) is 17.2 Å². The van der Waals surface area contributed by atoms with Gasteiger partial charge in [0.2, 0.25) is 5.12 Å². The van der Waals surface area contributed by atoms with E-state index in [-0.39, 0.29) is 10.5 Å². The molecule has 0 aliphatic carbocycles. The van der Waals surface area contributed by atoms with Gasteiger partial charge in [-0.25, -0.2) is 0 Å². The quantitative estimate of drug-likeness (QED) is 0.843. The number of benzene rings is 2. The second-order valence-corrected chi connectivity index (χ2v) is 5.39. The Labute approximate surface area is 116 Å². The van der Waals surface area contributed by atoms with Crippen molar-refractivity contribution in [1.29, 1.82) is 0 Å². The van der Waals surface area contributed by atoms with Crippen LogP contribution in [0.25, 0.3) is 6.08 Å². The van der Waals surface area contributed by atoms with E-state index in [0.717, 1.165) is 11.1 Å². The highest BCUT2D eigenvalue weighted by molar-refractivity contribution is 8.14. The number of carbonyl (C=O) groups is 1. The van der Waals surface area contributed by atoms with E-state index in [1.807, 2.05) is 66.7 Å². The van der Waals surface area contributed by atoms with Gasteiger partial charge in [-0.3, -0.25) is 4.79 Å². The Kier molecular flexibility index (Phi) is 3.38. The fourth-order valence-electron chi connectivity index (χ4n) is 2.00. The molecule has 2 aromatic rings. The first-order valence-electron chi connectivity index (χ1n) is 6.12. The van der Waals surface area contributed by atoms with Crippen LogP contribution in [0.1, 0.15) is 16.5 Å². The van der Waals surface area contributed by atoms with Crippen LogP contribution in [0.5, 0.6) is 0 Å². The topological polar surface area (TPSA) is 29.1 Å². The molecule has 2 nitrogen and oxygen atoms in total. The highest BCUT2D eigenvalue weighted by atomic mass is 32.2. The molecule has 0 bridgehead atoms. The Hall–Kier alpha value is -2.00. The Morgan fingerprint density at radius 3 is 2.26 bits per heavy atom. The fraction of sp³-hybridized carbons (Fsp3) is 0.0625. The third-order valence-electron chi connectivity index (χ3n) is 2.94. The predicted octanol–water partition coefficient (Wildman–Crippen LogP) is 3.59. The highest BCUT2D eigenvalue weighted by Crippen LogP contribution is 2.35. The lowest BCUT2D eigenvalue weighted by molar-refractivity contribution is -0.107. The van der Waals surface area contributed by atoms with Gasteiger partial charge in [0.05, 0.1) is 5.70 Å². The summed E-state index contributed by atoms with van der Waals surface area (Å²) in [6.07, 6.45) is 1.90. The summed E-state index contributed by atoms with van der Waals surface area (Å²) in [4.78, 5) is 12.0. The average Bonchev–Trinajstić information content (AvgIpc) is 2.82. The molecule has 0 saturated carbocycles. The summed E-state index contributed by atoms with van der Waals surface area (Å²) in [5.74, 6) is 0. The Bertz CT molecular complexity index is 607. The van der Waals surface area contributed by atoms with Crippen molar-refractivity contribution in [2.45, 2.75) is 5.37 Å². The molecule has 1 fully saturated rings. The van der Waals surface area contributed by atoms with Crippen LogP contribution < -0.4 is 5.32 Å². The molecule has 0 spiro atoms.